The monoisotopic (exact) mass is 328 g/mol. The van der Waals surface area contributed by atoms with Gasteiger partial charge in [-0.3, -0.25) is 4.79 Å². The lowest BCUT2D eigenvalue weighted by Crippen LogP contribution is -2.49. The number of rotatable bonds is 2. The summed E-state index contributed by atoms with van der Waals surface area (Å²) in [6.07, 6.45) is 0. The van der Waals surface area contributed by atoms with E-state index in [0.717, 1.165) is 48.0 Å². The van der Waals surface area contributed by atoms with Crippen LogP contribution in [0.25, 0.3) is 0 Å². The molecule has 1 saturated heterocycles. The molecule has 0 aromatic heterocycles. The van der Waals surface area contributed by atoms with Crippen LogP contribution in [0.4, 0.5) is 5.69 Å². The summed E-state index contributed by atoms with van der Waals surface area (Å²) in [5.74, 6) is 0.126. The summed E-state index contributed by atoms with van der Waals surface area (Å²) in [5, 5.41) is 0.765. The lowest BCUT2D eigenvalue weighted by molar-refractivity contribution is 0.0746. The zero-order valence-electron chi connectivity index (χ0n) is 13.6. The van der Waals surface area contributed by atoms with Crippen LogP contribution in [0.5, 0.6) is 0 Å². The Kier molecular flexibility index (Phi) is 4.58. The number of carbonyl (C=O) groups is 1. The molecule has 0 atom stereocenters. The third-order valence-electron chi connectivity index (χ3n) is 4.37. The van der Waals surface area contributed by atoms with Crippen LogP contribution >= 0.6 is 11.6 Å². The molecule has 4 heteroatoms. The SMILES string of the molecule is Cc1ccc(C(=O)N2CCN(c3ccccc3Cl)CC2)c(C)c1. The van der Waals surface area contributed by atoms with E-state index in [2.05, 4.69) is 11.0 Å². The van der Waals surface area contributed by atoms with Gasteiger partial charge in [0.05, 0.1) is 10.7 Å². The Hall–Kier alpha value is -2.00. The summed E-state index contributed by atoms with van der Waals surface area (Å²) in [5.41, 5.74) is 4.08. The molecular formula is C19H21ClN2O. The molecule has 2 aromatic rings. The average molecular weight is 329 g/mol. The Morgan fingerprint density at radius 2 is 1.70 bits per heavy atom. The van der Waals surface area contributed by atoms with Gasteiger partial charge in [-0.05, 0) is 37.6 Å². The molecule has 0 spiro atoms. The zero-order valence-corrected chi connectivity index (χ0v) is 14.3. The number of hydrogen-bond acceptors (Lipinski definition) is 2. The van der Waals surface area contributed by atoms with Crippen LogP contribution in [0.15, 0.2) is 42.5 Å². The van der Waals surface area contributed by atoms with Crippen molar-refractivity contribution in [2.45, 2.75) is 13.8 Å². The zero-order chi connectivity index (χ0) is 16.4. The fourth-order valence-corrected chi connectivity index (χ4v) is 3.34. The number of halogens is 1. The highest BCUT2D eigenvalue weighted by atomic mass is 35.5. The molecule has 0 saturated carbocycles. The molecule has 1 heterocycles. The van der Waals surface area contributed by atoms with E-state index in [9.17, 15) is 4.79 Å². The summed E-state index contributed by atoms with van der Waals surface area (Å²) in [6.45, 7) is 7.10. The Morgan fingerprint density at radius 1 is 1.00 bits per heavy atom. The molecule has 1 aliphatic rings. The van der Waals surface area contributed by atoms with Gasteiger partial charge in [0.2, 0.25) is 0 Å². The number of hydrogen-bond donors (Lipinski definition) is 0. The first kappa shape index (κ1) is 15.9. The van der Waals surface area contributed by atoms with E-state index in [1.54, 1.807) is 0 Å². The standard InChI is InChI=1S/C19H21ClN2O/c1-14-7-8-16(15(2)13-14)19(23)22-11-9-21(10-12-22)18-6-4-3-5-17(18)20/h3-8,13H,9-12H2,1-2H3. The van der Waals surface area contributed by atoms with E-state index in [1.807, 2.05) is 55.1 Å². The van der Waals surface area contributed by atoms with Gasteiger partial charge in [-0.1, -0.05) is 41.4 Å². The Morgan fingerprint density at radius 3 is 2.35 bits per heavy atom. The predicted octanol–water partition coefficient (Wildman–Crippen LogP) is 3.92. The van der Waals surface area contributed by atoms with Crippen LogP contribution in [-0.4, -0.2) is 37.0 Å². The second kappa shape index (κ2) is 6.63. The molecule has 0 N–H and O–H groups in total. The number of nitrogens with zero attached hydrogens (tertiary/aromatic N) is 2. The van der Waals surface area contributed by atoms with Gasteiger partial charge in [-0.2, -0.15) is 0 Å². The molecule has 0 radical (unpaired) electrons. The van der Waals surface area contributed by atoms with E-state index in [0.29, 0.717) is 0 Å². The molecule has 0 aliphatic carbocycles. The van der Waals surface area contributed by atoms with E-state index in [4.69, 9.17) is 11.6 Å². The normalized spacial score (nSPS) is 14.9. The smallest absolute Gasteiger partial charge is 0.254 e. The summed E-state index contributed by atoms with van der Waals surface area (Å²) >= 11 is 6.27. The third kappa shape index (κ3) is 3.35. The summed E-state index contributed by atoms with van der Waals surface area (Å²) in [4.78, 5) is 16.9. The van der Waals surface area contributed by atoms with Gasteiger partial charge in [-0.15, -0.1) is 0 Å². The van der Waals surface area contributed by atoms with Crippen molar-refractivity contribution in [3.63, 3.8) is 0 Å². The fourth-order valence-electron chi connectivity index (χ4n) is 3.08. The van der Waals surface area contributed by atoms with E-state index in [1.165, 1.54) is 5.56 Å². The fraction of sp³-hybridized carbons (Fsp3) is 0.316. The predicted molar refractivity (Wildman–Crippen MR) is 95.5 cm³/mol. The largest absolute Gasteiger partial charge is 0.367 e. The highest BCUT2D eigenvalue weighted by Gasteiger charge is 2.24. The average Bonchev–Trinajstić information content (AvgIpc) is 2.55. The molecule has 0 bridgehead atoms. The van der Waals surface area contributed by atoms with E-state index >= 15 is 0 Å². The third-order valence-corrected chi connectivity index (χ3v) is 4.69. The number of carbonyl (C=O) groups excluding carboxylic acids is 1. The first-order valence-corrected chi connectivity index (χ1v) is 8.30. The van der Waals surface area contributed by atoms with Crippen LogP contribution in [-0.2, 0) is 0 Å². The maximum Gasteiger partial charge on any atom is 0.254 e. The van der Waals surface area contributed by atoms with Crippen LogP contribution in [0.3, 0.4) is 0 Å². The molecule has 120 valence electrons. The topological polar surface area (TPSA) is 23.6 Å². The van der Waals surface area contributed by atoms with Crippen molar-refractivity contribution >= 4 is 23.2 Å². The number of aryl methyl sites for hydroxylation is 2. The van der Waals surface area contributed by atoms with Crippen molar-refractivity contribution < 1.29 is 4.79 Å². The van der Waals surface area contributed by atoms with Crippen LogP contribution in [0, 0.1) is 13.8 Å². The second-order valence-corrected chi connectivity index (χ2v) is 6.46. The molecule has 1 aliphatic heterocycles. The van der Waals surface area contributed by atoms with Crippen molar-refractivity contribution in [3.8, 4) is 0 Å². The Bertz CT molecular complexity index is 721. The van der Waals surface area contributed by atoms with Crippen molar-refractivity contribution in [2.24, 2.45) is 0 Å². The van der Waals surface area contributed by atoms with Gasteiger partial charge in [-0.25, -0.2) is 0 Å². The number of para-hydroxylation sites is 1. The van der Waals surface area contributed by atoms with Gasteiger partial charge in [0.15, 0.2) is 0 Å². The van der Waals surface area contributed by atoms with Crippen LogP contribution in [0.1, 0.15) is 21.5 Å². The van der Waals surface area contributed by atoms with Gasteiger partial charge in [0.1, 0.15) is 0 Å². The molecule has 3 nitrogen and oxygen atoms in total. The molecule has 2 aromatic carbocycles. The highest BCUT2D eigenvalue weighted by Crippen LogP contribution is 2.26. The molecule has 0 unspecified atom stereocenters. The Balaban J connectivity index is 1.69. The summed E-state index contributed by atoms with van der Waals surface area (Å²) in [7, 11) is 0. The van der Waals surface area contributed by atoms with Gasteiger partial charge in [0, 0.05) is 31.7 Å². The highest BCUT2D eigenvalue weighted by molar-refractivity contribution is 6.33. The number of amides is 1. The molecular weight excluding hydrogens is 308 g/mol. The van der Waals surface area contributed by atoms with Crippen molar-refractivity contribution in [3.05, 3.63) is 64.2 Å². The molecule has 23 heavy (non-hydrogen) atoms. The summed E-state index contributed by atoms with van der Waals surface area (Å²) in [6, 6.07) is 13.9. The van der Waals surface area contributed by atoms with Gasteiger partial charge in [0.25, 0.3) is 5.91 Å². The maximum absolute atomic E-state index is 12.7. The minimum Gasteiger partial charge on any atom is -0.367 e. The van der Waals surface area contributed by atoms with Crippen molar-refractivity contribution in [1.82, 2.24) is 4.90 Å². The maximum atomic E-state index is 12.7. The number of anilines is 1. The van der Waals surface area contributed by atoms with Crippen molar-refractivity contribution in [1.29, 1.82) is 0 Å². The minimum absolute atomic E-state index is 0.126. The van der Waals surface area contributed by atoms with Crippen LogP contribution < -0.4 is 4.90 Å². The molecule has 3 rings (SSSR count). The minimum atomic E-state index is 0.126. The quantitative estimate of drug-likeness (QED) is 0.834. The van der Waals surface area contributed by atoms with E-state index < -0.39 is 0 Å². The molecule has 1 fully saturated rings. The van der Waals surface area contributed by atoms with E-state index in [-0.39, 0.29) is 5.91 Å². The van der Waals surface area contributed by atoms with Crippen LogP contribution in [0.2, 0.25) is 5.02 Å². The first-order chi connectivity index (χ1) is 11.1. The lowest BCUT2D eigenvalue weighted by Gasteiger charge is -2.36. The first-order valence-electron chi connectivity index (χ1n) is 7.92. The van der Waals surface area contributed by atoms with Gasteiger partial charge >= 0.3 is 0 Å². The lowest BCUT2D eigenvalue weighted by atomic mass is 10.0. The number of benzene rings is 2. The Labute approximate surface area is 142 Å². The second-order valence-electron chi connectivity index (χ2n) is 6.05. The molecule has 1 amide bonds. The van der Waals surface area contributed by atoms with Crippen molar-refractivity contribution in [2.75, 3.05) is 31.1 Å². The van der Waals surface area contributed by atoms with Gasteiger partial charge < -0.3 is 9.80 Å². The summed E-state index contributed by atoms with van der Waals surface area (Å²) < 4.78 is 0. The number of piperazine rings is 1.